The van der Waals surface area contributed by atoms with Gasteiger partial charge in [-0.25, -0.2) is 9.97 Å². The number of benzene rings is 1. The van der Waals surface area contributed by atoms with Gasteiger partial charge in [0.05, 0.1) is 29.0 Å². The van der Waals surface area contributed by atoms with Crippen LogP contribution in [0.4, 0.5) is 5.82 Å². The number of imidazole rings is 1. The lowest BCUT2D eigenvalue weighted by Crippen LogP contribution is -2.38. The largest absolute Gasteiger partial charge is 0.366 e. The van der Waals surface area contributed by atoms with E-state index in [9.17, 15) is 4.79 Å². The average Bonchev–Trinajstić information content (AvgIpc) is 3.18. The number of nitrogens with one attached hydrogen (secondary N) is 3. The minimum Gasteiger partial charge on any atom is -0.366 e. The molecule has 1 aliphatic heterocycles. The number of rotatable bonds is 2. The third-order valence-corrected chi connectivity index (χ3v) is 6.07. The molecule has 7 nitrogen and oxygen atoms in total. The van der Waals surface area contributed by atoms with Crippen LogP contribution >= 0.6 is 15.9 Å². The van der Waals surface area contributed by atoms with Crippen LogP contribution in [0.15, 0.2) is 46.2 Å². The standard InChI is InChI=1S/C23H21BrN6O/c1-30-13-26-12-17(30)6-4-14-10-27-23(31)20-19-9-15(24)5-7-18(19)22(29-21(14)20)28-16-3-2-8-25-11-16/h5,7,9-10,12-13,16,25H,2-3,8,11H2,1H3,(H,27,31)(H,28,29). The van der Waals surface area contributed by atoms with E-state index in [0.29, 0.717) is 16.5 Å². The maximum Gasteiger partial charge on any atom is 0.258 e. The fourth-order valence-corrected chi connectivity index (χ4v) is 4.33. The van der Waals surface area contributed by atoms with Crippen LogP contribution in [0.3, 0.4) is 0 Å². The number of aromatic nitrogens is 4. The maximum atomic E-state index is 12.8. The second kappa shape index (κ2) is 8.17. The van der Waals surface area contributed by atoms with E-state index < -0.39 is 0 Å². The van der Waals surface area contributed by atoms with Crippen LogP contribution in [0, 0.1) is 11.8 Å². The van der Waals surface area contributed by atoms with E-state index in [4.69, 9.17) is 4.98 Å². The minimum absolute atomic E-state index is 0.178. The predicted molar refractivity (Wildman–Crippen MR) is 126 cm³/mol. The molecule has 0 bridgehead atoms. The van der Waals surface area contributed by atoms with Crippen molar-refractivity contribution in [3.05, 3.63) is 63.0 Å². The molecule has 156 valence electrons. The normalized spacial score (nSPS) is 16.3. The molecule has 0 amide bonds. The van der Waals surface area contributed by atoms with E-state index in [1.807, 2.05) is 29.8 Å². The van der Waals surface area contributed by atoms with Gasteiger partial charge in [-0.2, -0.15) is 0 Å². The molecule has 4 aromatic rings. The predicted octanol–water partition coefficient (Wildman–Crippen LogP) is 3.14. The van der Waals surface area contributed by atoms with E-state index in [0.717, 1.165) is 52.7 Å². The molecule has 3 N–H and O–H groups in total. The fourth-order valence-electron chi connectivity index (χ4n) is 3.97. The lowest BCUT2D eigenvalue weighted by molar-refractivity contribution is 0.479. The number of H-pyrrole nitrogens is 1. The highest BCUT2D eigenvalue weighted by Crippen LogP contribution is 2.31. The number of aromatic amines is 1. The van der Waals surface area contributed by atoms with Gasteiger partial charge in [-0.05, 0) is 43.5 Å². The molecule has 3 aromatic heterocycles. The Bertz CT molecular complexity index is 1400. The number of hydrogen-bond donors (Lipinski definition) is 3. The van der Waals surface area contributed by atoms with Crippen LogP contribution in [0.2, 0.25) is 0 Å². The Balaban J connectivity index is 1.74. The summed E-state index contributed by atoms with van der Waals surface area (Å²) in [5, 5.41) is 9.33. The smallest absolute Gasteiger partial charge is 0.258 e. The van der Waals surface area contributed by atoms with Crippen molar-refractivity contribution in [2.24, 2.45) is 7.05 Å². The Hall–Kier alpha value is -3.15. The molecule has 0 saturated carbocycles. The molecule has 1 fully saturated rings. The molecule has 0 aliphatic carbocycles. The summed E-state index contributed by atoms with van der Waals surface area (Å²) in [5.74, 6) is 7.08. The lowest BCUT2D eigenvalue weighted by atomic mass is 10.0. The zero-order valence-corrected chi connectivity index (χ0v) is 18.6. The average molecular weight is 477 g/mol. The molecule has 8 heteroatoms. The fraction of sp³-hybridized carbons (Fsp3) is 0.261. The lowest BCUT2D eigenvalue weighted by Gasteiger charge is -2.25. The van der Waals surface area contributed by atoms with Crippen LogP contribution in [0.5, 0.6) is 0 Å². The molecule has 5 rings (SSSR count). The van der Waals surface area contributed by atoms with Crippen molar-refractivity contribution in [2.45, 2.75) is 18.9 Å². The molecule has 1 aromatic carbocycles. The van der Waals surface area contributed by atoms with E-state index in [1.165, 1.54) is 0 Å². The SMILES string of the molecule is Cn1cncc1C#Cc1c[nH]c(=O)c2c1nc(NC1CCCNC1)c1ccc(Br)cc12. The Morgan fingerprint density at radius 2 is 2.19 bits per heavy atom. The zero-order chi connectivity index (χ0) is 21.4. The van der Waals surface area contributed by atoms with Gasteiger partial charge in [0, 0.05) is 41.1 Å². The number of halogens is 1. The molecule has 1 aliphatic rings. The maximum absolute atomic E-state index is 12.8. The molecule has 1 atom stereocenters. The molecule has 4 heterocycles. The number of aryl methyl sites for hydroxylation is 1. The van der Waals surface area contributed by atoms with Gasteiger partial charge in [0.15, 0.2) is 0 Å². The number of hydrogen-bond acceptors (Lipinski definition) is 5. The highest BCUT2D eigenvalue weighted by atomic mass is 79.9. The van der Waals surface area contributed by atoms with Crippen LogP contribution in [0.1, 0.15) is 24.1 Å². The van der Waals surface area contributed by atoms with Gasteiger partial charge in [0.25, 0.3) is 5.56 Å². The van der Waals surface area contributed by atoms with Gasteiger partial charge in [0.2, 0.25) is 0 Å². The first-order chi connectivity index (χ1) is 15.1. The van der Waals surface area contributed by atoms with E-state index in [1.54, 1.807) is 18.7 Å². The van der Waals surface area contributed by atoms with Gasteiger partial charge in [-0.15, -0.1) is 0 Å². The summed E-state index contributed by atoms with van der Waals surface area (Å²) in [6, 6.07) is 6.23. The van der Waals surface area contributed by atoms with Crippen LogP contribution in [-0.4, -0.2) is 38.7 Å². The first kappa shape index (κ1) is 19.8. The molecule has 0 radical (unpaired) electrons. The highest BCUT2D eigenvalue weighted by Gasteiger charge is 2.18. The summed E-state index contributed by atoms with van der Waals surface area (Å²) in [7, 11) is 1.89. The summed E-state index contributed by atoms with van der Waals surface area (Å²) < 4.78 is 2.76. The number of pyridine rings is 2. The van der Waals surface area contributed by atoms with Crippen LogP contribution < -0.4 is 16.2 Å². The Labute approximate surface area is 187 Å². The van der Waals surface area contributed by atoms with Crippen molar-refractivity contribution >= 4 is 43.4 Å². The van der Waals surface area contributed by atoms with Gasteiger partial charge in [-0.3, -0.25) is 4.79 Å². The second-order valence-electron chi connectivity index (χ2n) is 7.73. The summed E-state index contributed by atoms with van der Waals surface area (Å²) in [6.45, 7) is 1.93. The van der Waals surface area contributed by atoms with Gasteiger partial charge in [0.1, 0.15) is 11.5 Å². The quantitative estimate of drug-likeness (QED) is 0.305. The number of piperidine rings is 1. The molecule has 1 saturated heterocycles. The Kier molecular flexibility index (Phi) is 5.22. The van der Waals surface area contributed by atoms with Gasteiger partial charge in [-0.1, -0.05) is 21.9 Å². The summed E-state index contributed by atoms with van der Waals surface area (Å²) in [6.07, 6.45) is 7.25. The molecule has 0 spiro atoms. The first-order valence-electron chi connectivity index (χ1n) is 10.2. The summed E-state index contributed by atoms with van der Waals surface area (Å²) >= 11 is 3.55. The minimum atomic E-state index is -0.178. The first-order valence-corrected chi connectivity index (χ1v) is 11.0. The van der Waals surface area contributed by atoms with Crippen molar-refractivity contribution in [2.75, 3.05) is 18.4 Å². The van der Waals surface area contributed by atoms with Crippen molar-refractivity contribution in [3.63, 3.8) is 0 Å². The zero-order valence-electron chi connectivity index (χ0n) is 17.0. The van der Waals surface area contributed by atoms with E-state index >= 15 is 0 Å². The number of fused-ring (bicyclic) bond motifs is 3. The van der Waals surface area contributed by atoms with Gasteiger partial charge >= 0.3 is 0 Å². The second-order valence-corrected chi connectivity index (χ2v) is 8.65. The van der Waals surface area contributed by atoms with E-state index in [-0.39, 0.29) is 11.6 Å². The topological polar surface area (TPSA) is 87.6 Å². The molecular weight excluding hydrogens is 456 g/mol. The third-order valence-electron chi connectivity index (χ3n) is 5.58. The molecule has 31 heavy (non-hydrogen) atoms. The third kappa shape index (κ3) is 3.82. The van der Waals surface area contributed by atoms with Crippen molar-refractivity contribution < 1.29 is 0 Å². The van der Waals surface area contributed by atoms with Crippen molar-refractivity contribution in [1.29, 1.82) is 0 Å². The summed E-state index contributed by atoms with van der Waals surface area (Å²) in [5.41, 5.74) is 1.87. The van der Waals surface area contributed by atoms with E-state index in [2.05, 4.69) is 48.4 Å². The number of nitrogens with zero attached hydrogens (tertiary/aromatic N) is 3. The Morgan fingerprint density at radius 1 is 1.29 bits per heavy atom. The van der Waals surface area contributed by atoms with Crippen LogP contribution in [-0.2, 0) is 7.05 Å². The Morgan fingerprint density at radius 3 is 2.97 bits per heavy atom. The molecule has 1 unspecified atom stereocenters. The number of anilines is 1. The molecular formula is C23H21BrN6O. The van der Waals surface area contributed by atoms with Gasteiger partial charge < -0.3 is 20.2 Å². The highest BCUT2D eigenvalue weighted by molar-refractivity contribution is 9.10. The van der Waals surface area contributed by atoms with Crippen LogP contribution in [0.25, 0.3) is 21.7 Å². The van der Waals surface area contributed by atoms with Crippen molar-refractivity contribution in [1.82, 2.24) is 24.8 Å². The summed E-state index contributed by atoms with van der Waals surface area (Å²) in [4.78, 5) is 24.7. The van der Waals surface area contributed by atoms with Crippen molar-refractivity contribution in [3.8, 4) is 11.8 Å². The monoisotopic (exact) mass is 476 g/mol.